The first-order chi connectivity index (χ1) is 14.0. The molecule has 0 radical (unpaired) electrons. The van der Waals surface area contributed by atoms with Gasteiger partial charge < -0.3 is 15.9 Å². The van der Waals surface area contributed by atoms with Gasteiger partial charge in [-0.25, -0.2) is 0 Å². The zero-order valence-electron chi connectivity index (χ0n) is 17.0. The molecule has 1 unspecified atom stereocenters. The molecule has 2 aliphatic rings. The molecular weight excluding hydrogens is 380 g/mol. The number of aromatic hydroxyl groups is 2. The molecule has 0 aromatic heterocycles. The van der Waals surface area contributed by atoms with Crippen molar-refractivity contribution >= 4 is 17.8 Å². The monoisotopic (exact) mass is 410 g/mol. The summed E-state index contributed by atoms with van der Waals surface area (Å²) in [5.41, 5.74) is 9.18. The fraction of sp³-hybridized carbons (Fsp3) is 0.333. The number of nitrogens with two attached hydrogens (primary N) is 1. The van der Waals surface area contributed by atoms with Gasteiger partial charge in [-0.2, -0.15) is 0 Å². The van der Waals surface area contributed by atoms with E-state index in [1.807, 2.05) is 12.2 Å². The molecule has 0 saturated heterocycles. The molecule has 1 aromatic carbocycles. The van der Waals surface area contributed by atoms with Gasteiger partial charge in [0.2, 0.25) is 0 Å². The highest BCUT2D eigenvalue weighted by Gasteiger charge is 2.25. The van der Waals surface area contributed by atoms with Crippen LogP contribution in [0.25, 0.3) is 6.08 Å². The summed E-state index contributed by atoms with van der Waals surface area (Å²) in [6.07, 6.45) is 14.7. The van der Waals surface area contributed by atoms with Crippen LogP contribution in [0.15, 0.2) is 70.2 Å². The summed E-state index contributed by atoms with van der Waals surface area (Å²) < 4.78 is 0. The normalized spacial score (nSPS) is 19.2. The molecule has 4 N–H and O–H groups in total. The Kier molecular flexibility index (Phi) is 7.29. The van der Waals surface area contributed by atoms with Gasteiger partial charge in [-0.15, -0.1) is 0 Å². The predicted octanol–water partition coefficient (Wildman–Crippen LogP) is 5.29. The van der Waals surface area contributed by atoms with Gasteiger partial charge in [0, 0.05) is 10.9 Å². The number of phenols is 2. The Labute approximate surface area is 177 Å². The van der Waals surface area contributed by atoms with E-state index in [0.29, 0.717) is 6.04 Å². The summed E-state index contributed by atoms with van der Waals surface area (Å²) in [6.45, 7) is 8.46. The van der Waals surface area contributed by atoms with Crippen LogP contribution in [-0.2, 0) is 0 Å². The minimum atomic E-state index is -0.0897. The Morgan fingerprint density at radius 1 is 1.28 bits per heavy atom. The van der Waals surface area contributed by atoms with Crippen molar-refractivity contribution in [2.45, 2.75) is 38.6 Å². The molecule has 0 saturated carbocycles. The maximum atomic E-state index is 9.57. The molecule has 4 nitrogen and oxygen atoms in total. The summed E-state index contributed by atoms with van der Waals surface area (Å²) in [4.78, 5) is 3.88. The van der Waals surface area contributed by atoms with E-state index in [1.165, 1.54) is 16.5 Å². The van der Waals surface area contributed by atoms with Gasteiger partial charge in [-0.05, 0) is 73.7 Å². The van der Waals surface area contributed by atoms with E-state index in [9.17, 15) is 10.2 Å². The number of nitrogens with zero attached hydrogens (tertiary/aromatic N) is 1. The first kappa shape index (κ1) is 21.3. The fourth-order valence-electron chi connectivity index (χ4n) is 3.73. The third kappa shape index (κ3) is 5.58. The highest BCUT2D eigenvalue weighted by Crippen LogP contribution is 2.40. The first-order valence-electron chi connectivity index (χ1n) is 10.2. The number of thioether (sulfide) groups is 1. The van der Waals surface area contributed by atoms with Gasteiger partial charge in [0.25, 0.3) is 0 Å². The summed E-state index contributed by atoms with van der Waals surface area (Å²) in [5.74, 6) is -0.175. The van der Waals surface area contributed by atoms with Gasteiger partial charge >= 0.3 is 0 Å². The van der Waals surface area contributed by atoms with Gasteiger partial charge in [0.1, 0.15) is 0 Å². The van der Waals surface area contributed by atoms with Crippen molar-refractivity contribution in [2.75, 3.05) is 13.1 Å². The minimum Gasteiger partial charge on any atom is -0.504 e. The van der Waals surface area contributed by atoms with Crippen LogP contribution < -0.4 is 5.73 Å². The van der Waals surface area contributed by atoms with E-state index in [4.69, 9.17) is 5.73 Å². The third-order valence-electron chi connectivity index (χ3n) is 5.19. The highest BCUT2D eigenvalue weighted by atomic mass is 32.2. The summed E-state index contributed by atoms with van der Waals surface area (Å²) in [7, 11) is 0. The van der Waals surface area contributed by atoms with E-state index in [1.54, 1.807) is 23.9 Å². The summed E-state index contributed by atoms with van der Waals surface area (Å²) in [5, 5.41) is 19.8. The second-order valence-electron chi connectivity index (χ2n) is 7.47. The van der Waals surface area contributed by atoms with Crippen molar-refractivity contribution in [1.82, 2.24) is 4.90 Å². The fourth-order valence-corrected chi connectivity index (χ4v) is 4.78. The molecule has 0 amide bonds. The molecule has 1 aromatic rings. The van der Waals surface area contributed by atoms with E-state index >= 15 is 0 Å². The zero-order chi connectivity index (χ0) is 20.8. The van der Waals surface area contributed by atoms with Crippen molar-refractivity contribution in [2.24, 2.45) is 5.73 Å². The lowest BCUT2D eigenvalue weighted by Crippen LogP contribution is -2.36. The average Bonchev–Trinajstić information content (AvgIpc) is 2.69. The van der Waals surface area contributed by atoms with Crippen LogP contribution in [-0.4, -0.2) is 34.2 Å². The SMILES string of the molecule is C=C1C=C(N)SC2=C1C=CC(N(CCC)CCC/C=C\c1ccc(O)c(O)c1)C2. The van der Waals surface area contributed by atoms with Crippen molar-refractivity contribution in [1.29, 1.82) is 0 Å². The molecule has 1 aliphatic heterocycles. The van der Waals surface area contributed by atoms with Gasteiger partial charge in [0.15, 0.2) is 11.5 Å². The van der Waals surface area contributed by atoms with E-state index in [0.717, 1.165) is 54.9 Å². The van der Waals surface area contributed by atoms with E-state index in [2.05, 4.69) is 36.6 Å². The number of hydrogen-bond donors (Lipinski definition) is 3. The van der Waals surface area contributed by atoms with Crippen molar-refractivity contribution in [3.05, 3.63) is 75.7 Å². The average molecular weight is 411 g/mol. The maximum Gasteiger partial charge on any atom is 0.157 e. The van der Waals surface area contributed by atoms with Crippen LogP contribution in [0.2, 0.25) is 0 Å². The predicted molar refractivity (Wildman–Crippen MR) is 123 cm³/mol. The van der Waals surface area contributed by atoms with E-state index < -0.39 is 0 Å². The smallest absolute Gasteiger partial charge is 0.157 e. The third-order valence-corrected chi connectivity index (χ3v) is 6.18. The standard InChI is InChI=1S/C24H30N2O2S/c1-3-12-26(13-6-4-5-7-18-8-11-21(27)22(28)15-18)19-9-10-20-17(2)14-24(25)29-23(20)16-19/h5,7-11,14-15,19,27-28H,2-4,6,12-13,16,25H2,1H3/b7-5-. The molecule has 0 fully saturated rings. The van der Waals surface area contributed by atoms with E-state index in [-0.39, 0.29) is 11.5 Å². The van der Waals surface area contributed by atoms with Crippen LogP contribution in [0.5, 0.6) is 11.5 Å². The molecule has 3 rings (SSSR count). The van der Waals surface area contributed by atoms with Crippen LogP contribution in [0, 0.1) is 0 Å². The summed E-state index contributed by atoms with van der Waals surface area (Å²) in [6, 6.07) is 5.28. The van der Waals surface area contributed by atoms with Crippen LogP contribution >= 0.6 is 11.8 Å². The summed E-state index contributed by atoms with van der Waals surface area (Å²) >= 11 is 1.68. The zero-order valence-corrected chi connectivity index (χ0v) is 17.8. The van der Waals surface area contributed by atoms with Crippen LogP contribution in [0.1, 0.15) is 38.2 Å². The Morgan fingerprint density at radius 2 is 2.10 bits per heavy atom. The Hall–Kier alpha value is -2.37. The van der Waals surface area contributed by atoms with Crippen molar-refractivity contribution in [3.8, 4) is 11.5 Å². The molecular formula is C24H30N2O2S. The lowest BCUT2D eigenvalue weighted by atomic mass is 9.96. The van der Waals surface area contributed by atoms with Gasteiger partial charge in [-0.3, -0.25) is 4.90 Å². The molecule has 1 atom stereocenters. The molecule has 5 heteroatoms. The van der Waals surface area contributed by atoms with Crippen LogP contribution in [0.4, 0.5) is 0 Å². The van der Waals surface area contributed by atoms with Crippen LogP contribution in [0.3, 0.4) is 0 Å². The lowest BCUT2D eigenvalue weighted by molar-refractivity contribution is 0.226. The molecule has 1 aliphatic carbocycles. The Balaban J connectivity index is 1.53. The molecule has 29 heavy (non-hydrogen) atoms. The number of unbranched alkanes of at least 4 members (excludes halogenated alkanes) is 1. The van der Waals surface area contributed by atoms with Gasteiger partial charge in [0.05, 0.1) is 5.03 Å². The first-order valence-corrected chi connectivity index (χ1v) is 11.0. The maximum absolute atomic E-state index is 9.57. The Morgan fingerprint density at radius 3 is 2.86 bits per heavy atom. The molecule has 0 spiro atoms. The molecule has 154 valence electrons. The number of hydrogen-bond acceptors (Lipinski definition) is 5. The Bertz CT molecular complexity index is 883. The number of allylic oxidation sites excluding steroid dienone is 5. The number of benzene rings is 1. The van der Waals surface area contributed by atoms with Crippen molar-refractivity contribution in [3.63, 3.8) is 0 Å². The van der Waals surface area contributed by atoms with Crippen molar-refractivity contribution < 1.29 is 10.2 Å². The minimum absolute atomic E-state index is 0.0854. The largest absolute Gasteiger partial charge is 0.504 e. The lowest BCUT2D eigenvalue weighted by Gasteiger charge is -2.34. The highest BCUT2D eigenvalue weighted by molar-refractivity contribution is 8.06. The number of rotatable bonds is 8. The molecule has 1 heterocycles. The topological polar surface area (TPSA) is 69.7 Å². The second kappa shape index (κ2) is 9.90. The quantitative estimate of drug-likeness (QED) is 0.401. The van der Waals surface area contributed by atoms with Gasteiger partial charge in [-0.1, -0.05) is 55.6 Å². The second-order valence-corrected chi connectivity index (χ2v) is 8.64. The number of phenolic OH excluding ortho intramolecular Hbond substituents is 2. The molecule has 0 bridgehead atoms.